The number of carbonyl (C=O) groups excluding carboxylic acids is 1. The molecule has 2 fully saturated rings. The molecule has 0 aliphatic carbocycles. The molecule has 2 aliphatic heterocycles. The van der Waals surface area contributed by atoms with Gasteiger partial charge in [0.1, 0.15) is 6.54 Å². The fourth-order valence-electron chi connectivity index (χ4n) is 3.47. The van der Waals surface area contributed by atoms with E-state index in [-0.39, 0.29) is 12.5 Å². The van der Waals surface area contributed by atoms with Crippen molar-refractivity contribution in [2.75, 3.05) is 57.4 Å². The number of hydrogen-bond donors (Lipinski definition) is 0. The zero-order valence-corrected chi connectivity index (χ0v) is 15.9. The van der Waals surface area contributed by atoms with Crippen LogP contribution >= 0.6 is 0 Å². The summed E-state index contributed by atoms with van der Waals surface area (Å²) >= 11 is 0. The average Bonchev–Trinajstić information content (AvgIpc) is 3.01. The Morgan fingerprint density at radius 3 is 2.68 bits per heavy atom. The van der Waals surface area contributed by atoms with Crippen LogP contribution in [0.2, 0.25) is 0 Å². The van der Waals surface area contributed by atoms with Crippen LogP contribution in [0.25, 0.3) is 0 Å². The normalized spacial score (nSPS) is 18.9. The van der Waals surface area contributed by atoms with Crippen molar-refractivity contribution in [3.8, 4) is 0 Å². The van der Waals surface area contributed by atoms with E-state index in [1.807, 2.05) is 4.90 Å². The minimum atomic E-state index is 0.0337. The molecule has 2 aliphatic rings. The number of morpholine rings is 1. The summed E-state index contributed by atoms with van der Waals surface area (Å²) in [4.78, 5) is 27.7. The van der Waals surface area contributed by atoms with Crippen LogP contribution in [0.5, 0.6) is 0 Å². The fraction of sp³-hybridized carbons (Fsp3) is 0.647. The van der Waals surface area contributed by atoms with Crippen molar-refractivity contribution in [1.29, 1.82) is 0 Å². The van der Waals surface area contributed by atoms with E-state index < -0.39 is 0 Å². The van der Waals surface area contributed by atoms with Crippen LogP contribution in [0.4, 0.5) is 5.95 Å². The van der Waals surface area contributed by atoms with Gasteiger partial charge < -0.3 is 14.5 Å². The molecule has 0 aromatic carbocycles. The zero-order valence-electron chi connectivity index (χ0n) is 15.9. The van der Waals surface area contributed by atoms with Gasteiger partial charge in [0.15, 0.2) is 5.82 Å². The van der Waals surface area contributed by atoms with Gasteiger partial charge >= 0.3 is 0 Å². The quantitative estimate of drug-likeness (QED) is 0.641. The van der Waals surface area contributed by atoms with Gasteiger partial charge in [-0.1, -0.05) is 0 Å². The van der Waals surface area contributed by atoms with Crippen LogP contribution in [-0.4, -0.2) is 98.4 Å². The third kappa shape index (κ3) is 4.60. The molecule has 4 rings (SSSR count). The van der Waals surface area contributed by atoms with Crippen molar-refractivity contribution >= 4 is 11.9 Å². The van der Waals surface area contributed by atoms with Gasteiger partial charge in [-0.2, -0.15) is 0 Å². The predicted molar refractivity (Wildman–Crippen MR) is 99.4 cm³/mol. The predicted octanol–water partition coefficient (Wildman–Crippen LogP) is -0.966. The molecule has 1 amide bonds. The minimum Gasteiger partial charge on any atom is -0.379 e. The van der Waals surface area contributed by atoms with Gasteiger partial charge in [0, 0.05) is 51.7 Å². The third-order valence-corrected chi connectivity index (χ3v) is 5.04. The van der Waals surface area contributed by atoms with E-state index in [4.69, 9.17) is 4.74 Å². The molecule has 4 heterocycles. The van der Waals surface area contributed by atoms with Gasteiger partial charge in [-0.25, -0.2) is 14.6 Å². The first-order chi connectivity index (χ1) is 13.8. The van der Waals surface area contributed by atoms with E-state index in [0.717, 1.165) is 39.3 Å². The maximum absolute atomic E-state index is 12.8. The molecule has 2 aromatic rings. The number of amides is 1. The molecule has 150 valence electrons. The second-order valence-electron chi connectivity index (χ2n) is 6.91. The number of nitrogens with zero attached hydrogens (tertiary/aromatic N) is 9. The molecular formula is C17H25N9O2. The molecule has 28 heavy (non-hydrogen) atoms. The molecule has 0 bridgehead atoms. The van der Waals surface area contributed by atoms with Gasteiger partial charge in [0.25, 0.3) is 0 Å². The Hall–Kier alpha value is -2.66. The highest BCUT2D eigenvalue weighted by Crippen LogP contribution is 2.11. The first kappa shape index (κ1) is 18.7. The molecule has 0 unspecified atom stereocenters. The third-order valence-electron chi connectivity index (χ3n) is 5.04. The Bertz CT molecular complexity index is 763. The molecule has 0 atom stereocenters. The van der Waals surface area contributed by atoms with Gasteiger partial charge in [-0.05, 0) is 22.9 Å². The lowest BCUT2D eigenvalue weighted by atomic mass is 10.3. The summed E-state index contributed by atoms with van der Waals surface area (Å²) in [5.74, 6) is 1.46. The Labute approximate surface area is 163 Å². The Morgan fingerprint density at radius 1 is 1.04 bits per heavy atom. The van der Waals surface area contributed by atoms with Crippen molar-refractivity contribution in [3.63, 3.8) is 0 Å². The monoisotopic (exact) mass is 387 g/mol. The largest absolute Gasteiger partial charge is 0.379 e. The number of aromatic nitrogens is 6. The average molecular weight is 387 g/mol. The highest BCUT2D eigenvalue weighted by molar-refractivity contribution is 5.76. The standard InChI is InChI=1S/C17H25N9O2/c27-16(14-26-15(20-21-22-26)13-23-9-11-28-12-10-23)24-5-2-6-25(8-7-24)17-18-3-1-4-19-17/h1,3-4H,2,5-14H2. The highest BCUT2D eigenvalue weighted by atomic mass is 16.5. The van der Waals surface area contributed by atoms with Gasteiger partial charge in [-0.15, -0.1) is 5.10 Å². The number of ether oxygens (including phenoxy) is 1. The summed E-state index contributed by atoms with van der Waals surface area (Å²) in [5.41, 5.74) is 0. The number of carbonyl (C=O) groups is 1. The molecular weight excluding hydrogens is 362 g/mol. The summed E-state index contributed by atoms with van der Waals surface area (Å²) in [7, 11) is 0. The molecule has 0 spiro atoms. The van der Waals surface area contributed by atoms with Crippen LogP contribution < -0.4 is 4.90 Å². The fourth-order valence-corrected chi connectivity index (χ4v) is 3.47. The van der Waals surface area contributed by atoms with E-state index in [9.17, 15) is 4.79 Å². The van der Waals surface area contributed by atoms with Crippen molar-refractivity contribution in [2.24, 2.45) is 0 Å². The van der Waals surface area contributed by atoms with E-state index in [1.165, 1.54) is 0 Å². The first-order valence-electron chi connectivity index (χ1n) is 9.64. The van der Waals surface area contributed by atoms with E-state index in [0.29, 0.717) is 38.0 Å². The maximum atomic E-state index is 12.8. The lowest BCUT2D eigenvalue weighted by Gasteiger charge is -2.26. The van der Waals surface area contributed by atoms with Crippen molar-refractivity contribution in [3.05, 3.63) is 24.3 Å². The summed E-state index contributed by atoms with van der Waals surface area (Å²) in [6.45, 7) is 6.83. The van der Waals surface area contributed by atoms with Gasteiger partial charge in [0.2, 0.25) is 11.9 Å². The van der Waals surface area contributed by atoms with Crippen molar-refractivity contribution in [1.82, 2.24) is 40.0 Å². The van der Waals surface area contributed by atoms with Crippen LogP contribution in [0.3, 0.4) is 0 Å². The van der Waals surface area contributed by atoms with Crippen LogP contribution in [0, 0.1) is 0 Å². The first-order valence-corrected chi connectivity index (χ1v) is 9.64. The highest BCUT2D eigenvalue weighted by Gasteiger charge is 2.22. The smallest absolute Gasteiger partial charge is 0.244 e. The molecule has 2 aromatic heterocycles. The van der Waals surface area contributed by atoms with Crippen molar-refractivity contribution in [2.45, 2.75) is 19.5 Å². The molecule has 2 saturated heterocycles. The lowest BCUT2D eigenvalue weighted by Crippen LogP contribution is -2.39. The van der Waals surface area contributed by atoms with Crippen molar-refractivity contribution < 1.29 is 9.53 Å². The Morgan fingerprint density at radius 2 is 1.86 bits per heavy atom. The summed E-state index contributed by atoms with van der Waals surface area (Å²) in [5, 5.41) is 11.9. The van der Waals surface area contributed by atoms with E-state index in [1.54, 1.807) is 23.1 Å². The summed E-state index contributed by atoms with van der Waals surface area (Å²) in [6.07, 6.45) is 4.36. The maximum Gasteiger partial charge on any atom is 0.244 e. The molecule has 0 N–H and O–H groups in total. The topological polar surface area (TPSA) is 105 Å². The van der Waals surface area contributed by atoms with E-state index in [2.05, 4.69) is 35.3 Å². The molecule has 11 nitrogen and oxygen atoms in total. The Kier molecular flexibility index (Phi) is 6.02. The molecule has 0 radical (unpaired) electrons. The second-order valence-corrected chi connectivity index (χ2v) is 6.91. The lowest BCUT2D eigenvalue weighted by molar-refractivity contribution is -0.131. The number of tetrazole rings is 1. The molecule has 11 heteroatoms. The van der Waals surface area contributed by atoms with Gasteiger partial charge in [0.05, 0.1) is 19.8 Å². The van der Waals surface area contributed by atoms with E-state index >= 15 is 0 Å². The molecule has 0 saturated carbocycles. The number of rotatable bonds is 5. The van der Waals surface area contributed by atoms with Crippen LogP contribution in [-0.2, 0) is 22.6 Å². The van der Waals surface area contributed by atoms with Gasteiger partial charge in [-0.3, -0.25) is 9.69 Å². The number of hydrogen-bond acceptors (Lipinski definition) is 9. The summed E-state index contributed by atoms with van der Waals surface area (Å²) in [6, 6.07) is 1.80. The summed E-state index contributed by atoms with van der Waals surface area (Å²) < 4.78 is 6.98. The van der Waals surface area contributed by atoms with Crippen LogP contribution in [0.15, 0.2) is 18.5 Å². The minimum absolute atomic E-state index is 0.0337. The zero-order chi connectivity index (χ0) is 19.2. The second kappa shape index (κ2) is 9.02. The SMILES string of the molecule is O=C(Cn1nnnc1CN1CCOCC1)N1CCCN(c2ncccn2)CC1. The number of anilines is 1. The van der Waals surface area contributed by atoms with Crippen LogP contribution in [0.1, 0.15) is 12.2 Å². The Balaban J connectivity index is 1.33.